The summed E-state index contributed by atoms with van der Waals surface area (Å²) in [7, 11) is 0. The average Bonchev–Trinajstić information content (AvgIpc) is 3.17. The van der Waals surface area contributed by atoms with Gasteiger partial charge in [0.05, 0.1) is 18.6 Å². The van der Waals surface area contributed by atoms with Crippen LogP contribution in [0, 0.1) is 0 Å². The Labute approximate surface area is 154 Å². The second kappa shape index (κ2) is 5.59. The molecule has 1 N–H and O–H groups in total. The molecule has 0 aliphatic carbocycles. The number of alkyl carbamates (subject to hydrolysis) is 1. The Morgan fingerprint density at radius 2 is 2.00 bits per heavy atom. The Balaban J connectivity index is 1.36. The van der Waals surface area contributed by atoms with Gasteiger partial charge in [-0.1, -0.05) is 22.8 Å². The first-order valence-corrected chi connectivity index (χ1v) is 8.90. The van der Waals surface area contributed by atoms with Crippen LogP contribution in [0.5, 0.6) is 0 Å². The Bertz CT molecular complexity index is 858. The number of hydrogen-bond acceptors (Lipinski definition) is 7. The van der Waals surface area contributed by atoms with E-state index in [1.54, 1.807) is 12.1 Å². The number of hydrogen-bond donors (Lipinski definition) is 1. The molecule has 136 valence electrons. The van der Waals surface area contributed by atoms with Gasteiger partial charge in [-0.2, -0.15) is 0 Å². The lowest BCUT2D eigenvalue weighted by Crippen LogP contribution is -2.75. The number of carbonyl (C=O) groups is 1. The van der Waals surface area contributed by atoms with Crippen LogP contribution in [0.2, 0.25) is 5.02 Å². The minimum absolute atomic E-state index is 0.364. The predicted octanol–water partition coefficient (Wildman–Crippen LogP) is 2.24. The van der Waals surface area contributed by atoms with Crippen molar-refractivity contribution in [3.8, 4) is 11.5 Å². The number of anilines is 1. The molecule has 5 rings (SSSR count). The van der Waals surface area contributed by atoms with Crippen molar-refractivity contribution in [2.24, 2.45) is 0 Å². The first-order chi connectivity index (χ1) is 12.6. The Morgan fingerprint density at radius 1 is 1.19 bits per heavy atom. The molecule has 2 aromatic rings. The van der Waals surface area contributed by atoms with Crippen LogP contribution in [0.1, 0.15) is 12.8 Å². The monoisotopic (exact) mass is 376 g/mol. The highest BCUT2D eigenvalue weighted by atomic mass is 35.5. The number of halogens is 1. The van der Waals surface area contributed by atoms with Gasteiger partial charge in [-0.15, -0.1) is 5.10 Å². The summed E-state index contributed by atoms with van der Waals surface area (Å²) in [6.07, 6.45) is 1.12. The Hall–Kier alpha value is -2.32. The lowest BCUT2D eigenvalue weighted by Gasteiger charge is -2.54. The first kappa shape index (κ1) is 15.9. The van der Waals surface area contributed by atoms with E-state index in [1.807, 2.05) is 17.0 Å². The quantitative estimate of drug-likeness (QED) is 0.859. The number of ether oxygens (including phenoxy) is 2. The van der Waals surface area contributed by atoms with Gasteiger partial charge in [0.25, 0.3) is 0 Å². The van der Waals surface area contributed by atoms with Crippen molar-refractivity contribution in [2.45, 2.75) is 24.0 Å². The minimum atomic E-state index is -0.571. The van der Waals surface area contributed by atoms with Crippen molar-refractivity contribution in [1.82, 2.24) is 15.5 Å². The summed E-state index contributed by atoms with van der Waals surface area (Å²) < 4.78 is 16.9. The van der Waals surface area contributed by atoms with E-state index in [0.717, 1.165) is 18.4 Å². The van der Waals surface area contributed by atoms with E-state index in [-0.39, 0.29) is 11.6 Å². The van der Waals surface area contributed by atoms with Gasteiger partial charge in [-0.3, -0.25) is 0 Å². The molecule has 0 atom stereocenters. The van der Waals surface area contributed by atoms with Crippen molar-refractivity contribution in [3.63, 3.8) is 0 Å². The number of benzene rings is 1. The number of nitrogens with one attached hydrogen (secondary N) is 1. The molecule has 9 heteroatoms. The first-order valence-electron chi connectivity index (χ1n) is 8.53. The maximum absolute atomic E-state index is 11.9. The maximum atomic E-state index is 11.9. The van der Waals surface area contributed by atoms with Crippen LogP contribution < -0.4 is 10.2 Å². The molecule has 4 heterocycles. The van der Waals surface area contributed by atoms with Crippen molar-refractivity contribution >= 4 is 23.7 Å². The molecule has 0 bridgehead atoms. The SMILES string of the molecule is O=C1NC2(CCOCC2)C2(CN(c3nnc(-c4cccc(Cl)c4)o3)C2)O1. The molecule has 26 heavy (non-hydrogen) atoms. The van der Waals surface area contributed by atoms with Crippen molar-refractivity contribution in [3.05, 3.63) is 29.3 Å². The van der Waals surface area contributed by atoms with E-state index in [0.29, 0.717) is 43.2 Å². The van der Waals surface area contributed by atoms with Crippen LogP contribution in [0.3, 0.4) is 0 Å². The van der Waals surface area contributed by atoms with E-state index in [4.69, 9.17) is 25.5 Å². The molecule has 3 aliphatic rings. The maximum Gasteiger partial charge on any atom is 0.408 e. The Kier molecular flexibility index (Phi) is 3.42. The van der Waals surface area contributed by atoms with Crippen LogP contribution in [0.15, 0.2) is 28.7 Å². The third kappa shape index (κ3) is 2.29. The molecule has 3 fully saturated rings. The zero-order valence-electron chi connectivity index (χ0n) is 13.9. The number of fused-ring (bicyclic) bond motifs is 1. The van der Waals surface area contributed by atoms with Gasteiger partial charge in [0.15, 0.2) is 5.60 Å². The van der Waals surface area contributed by atoms with Crippen LogP contribution in [0.4, 0.5) is 10.8 Å². The summed E-state index contributed by atoms with van der Waals surface area (Å²) in [6.45, 7) is 2.27. The molecule has 8 nitrogen and oxygen atoms in total. The normalized spacial score (nSPS) is 23.0. The van der Waals surface area contributed by atoms with Gasteiger partial charge < -0.3 is 24.1 Å². The highest BCUT2D eigenvalue weighted by Crippen LogP contribution is 2.46. The fourth-order valence-electron chi connectivity index (χ4n) is 4.06. The van der Waals surface area contributed by atoms with Gasteiger partial charge in [0.1, 0.15) is 0 Å². The number of nitrogens with zero attached hydrogens (tertiary/aromatic N) is 3. The fraction of sp³-hybridized carbons (Fsp3) is 0.471. The van der Waals surface area contributed by atoms with Crippen LogP contribution in [0.25, 0.3) is 11.5 Å². The van der Waals surface area contributed by atoms with Crippen molar-refractivity contribution in [2.75, 3.05) is 31.2 Å². The lowest BCUT2D eigenvalue weighted by molar-refractivity contribution is -0.0697. The van der Waals surface area contributed by atoms with Crippen LogP contribution in [-0.2, 0) is 9.47 Å². The van der Waals surface area contributed by atoms with Gasteiger partial charge in [-0.25, -0.2) is 4.79 Å². The lowest BCUT2D eigenvalue weighted by atomic mass is 9.70. The third-order valence-corrected chi connectivity index (χ3v) is 5.73. The van der Waals surface area contributed by atoms with Crippen LogP contribution in [-0.4, -0.2) is 53.7 Å². The number of amides is 1. The zero-order valence-corrected chi connectivity index (χ0v) is 14.7. The third-order valence-electron chi connectivity index (χ3n) is 5.50. The largest absolute Gasteiger partial charge is 0.437 e. The number of carbonyl (C=O) groups excluding carboxylic acids is 1. The zero-order chi connectivity index (χ0) is 17.8. The summed E-state index contributed by atoms with van der Waals surface area (Å²) in [5.74, 6) is 0.408. The molecule has 0 unspecified atom stereocenters. The second-order valence-corrected chi connectivity index (χ2v) is 7.40. The molecule has 1 amide bonds. The molecule has 3 aliphatic heterocycles. The average molecular weight is 377 g/mol. The fourth-order valence-corrected chi connectivity index (χ4v) is 4.25. The predicted molar refractivity (Wildman–Crippen MR) is 92.1 cm³/mol. The smallest absolute Gasteiger partial charge is 0.408 e. The van der Waals surface area contributed by atoms with Crippen molar-refractivity contribution < 1.29 is 18.7 Å². The molecule has 3 saturated heterocycles. The van der Waals surface area contributed by atoms with Gasteiger partial charge in [0, 0.05) is 23.8 Å². The molecule has 0 radical (unpaired) electrons. The van der Waals surface area contributed by atoms with Gasteiger partial charge >= 0.3 is 12.1 Å². The van der Waals surface area contributed by atoms with E-state index >= 15 is 0 Å². The highest BCUT2D eigenvalue weighted by Gasteiger charge is 2.67. The summed E-state index contributed by atoms with van der Waals surface area (Å²) in [6, 6.07) is 7.67. The Morgan fingerprint density at radius 3 is 2.77 bits per heavy atom. The molecular formula is C17H17ClN4O4. The highest BCUT2D eigenvalue weighted by molar-refractivity contribution is 6.30. The minimum Gasteiger partial charge on any atom is -0.437 e. The molecule has 2 spiro atoms. The summed E-state index contributed by atoms with van der Waals surface area (Å²) in [4.78, 5) is 13.9. The van der Waals surface area contributed by atoms with E-state index < -0.39 is 5.60 Å². The van der Waals surface area contributed by atoms with Crippen molar-refractivity contribution in [1.29, 1.82) is 0 Å². The van der Waals surface area contributed by atoms with Crippen LogP contribution >= 0.6 is 11.6 Å². The summed E-state index contributed by atoms with van der Waals surface area (Å²) in [5.41, 5.74) is -0.186. The molecule has 0 saturated carbocycles. The number of aromatic nitrogens is 2. The van der Waals surface area contributed by atoms with Gasteiger partial charge in [0.2, 0.25) is 5.89 Å². The molecule has 1 aromatic heterocycles. The van der Waals surface area contributed by atoms with Gasteiger partial charge in [-0.05, 0) is 31.0 Å². The molecular weight excluding hydrogens is 360 g/mol. The molecule has 1 aromatic carbocycles. The van der Waals surface area contributed by atoms with E-state index in [2.05, 4.69) is 15.5 Å². The second-order valence-electron chi connectivity index (χ2n) is 6.96. The van der Waals surface area contributed by atoms with E-state index in [1.165, 1.54) is 0 Å². The summed E-state index contributed by atoms with van der Waals surface area (Å²) in [5, 5.41) is 11.9. The summed E-state index contributed by atoms with van der Waals surface area (Å²) >= 11 is 6.01. The number of rotatable bonds is 2. The van der Waals surface area contributed by atoms with E-state index in [9.17, 15) is 4.79 Å². The topological polar surface area (TPSA) is 89.7 Å². The standard InChI is InChI=1S/C17H17ClN4O4/c18-12-3-1-2-11(8-12)13-20-21-14(25-13)22-9-17(10-22)16(19-15(23)26-17)4-6-24-7-5-16/h1-3,8H,4-7,9-10H2,(H,19,23).